The number of anilines is 1. The number of unbranched alkanes of at least 4 members (excludes halogenated alkanes) is 1. The van der Waals surface area contributed by atoms with Crippen LogP contribution in [0, 0.1) is 0 Å². The summed E-state index contributed by atoms with van der Waals surface area (Å²) in [7, 11) is 0. The zero-order valence-corrected chi connectivity index (χ0v) is 21.7. The Kier molecular flexibility index (Phi) is 9.84. The number of nitrogens with one attached hydrogen (secondary N) is 1. The molecule has 1 aliphatic rings. The quantitative estimate of drug-likeness (QED) is 0.278. The molecule has 3 rings (SSSR count). The van der Waals surface area contributed by atoms with Gasteiger partial charge in [0.2, 0.25) is 11.8 Å². The Balaban J connectivity index is 1.54. The summed E-state index contributed by atoms with van der Waals surface area (Å²) in [4.78, 5) is 37.4. The van der Waals surface area contributed by atoms with Crippen molar-refractivity contribution in [2.24, 2.45) is 0 Å². The van der Waals surface area contributed by atoms with E-state index < -0.39 is 11.7 Å². The zero-order valence-electron chi connectivity index (χ0n) is 20.1. The number of aromatic nitrogens is 2. The number of piperazine rings is 1. The summed E-state index contributed by atoms with van der Waals surface area (Å²) in [5, 5.41) is 3.17. The van der Waals surface area contributed by atoms with Gasteiger partial charge >= 0.3 is 6.18 Å². The van der Waals surface area contributed by atoms with Gasteiger partial charge in [-0.3, -0.25) is 9.59 Å². The topological polar surface area (TPSA) is 78.4 Å². The average molecular weight is 544 g/mol. The lowest BCUT2D eigenvalue weighted by molar-refractivity contribution is -0.137. The van der Waals surface area contributed by atoms with Crippen molar-refractivity contribution in [3.8, 4) is 0 Å². The SMILES string of the molecule is CCCCC(=O)N1CCN(c2cc(Cl)nc(SCC(=O)NCc3cccc(C(F)(F)F)c3)n2)CC1C. The van der Waals surface area contributed by atoms with E-state index >= 15 is 0 Å². The number of alkyl halides is 3. The Morgan fingerprint density at radius 1 is 1.22 bits per heavy atom. The van der Waals surface area contributed by atoms with Gasteiger partial charge in [0.1, 0.15) is 11.0 Å². The minimum Gasteiger partial charge on any atom is -0.353 e. The van der Waals surface area contributed by atoms with E-state index in [0.717, 1.165) is 36.7 Å². The van der Waals surface area contributed by atoms with Crippen LogP contribution >= 0.6 is 23.4 Å². The van der Waals surface area contributed by atoms with Crippen molar-refractivity contribution in [3.63, 3.8) is 0 Å². The fourth-order valence-electron chi connectivity index (χ4n) is 3.86. The van der Waals surface area contributed by atoms with Crippen molar-refractivity contribution in [1.82, 2.24) is 20.2 Å². The minimum atomic E-state index is -4.44. The Bertz CT molecular complexity index is 1070. The summed E-state index contributed by atoms with van der Waals surface area (Å²) >= 11 is 7.29. The molecule has 0 saturated carbocycles. The van der Waals surface area contributed by atoms with Crippen LogP contribution in [0.25, 0.3) is 0 Å². The summed E-state index contributed by atoms with van der Waals surface area (Å²) in [5.41, 5.74) is -0.408. The number of carbonyl (C=O) groups excluding carboxylic acids is 2. The number of amides is 2. The lowest BCUT2D eigenvalue weighted by Crippen LogP contribution is -2.54. The fourth-order valence-corrected chi connectivity index (χ4v) is 4.77. The van der Waals surface area contributed by atoms with Gasteiger partial charge in [-0.05, 0) is 31.0 Å². The van der Waals surface area contributed by atoms with Crippen LogP contribution in [-0.2, 0) is 22.3 Å². The third-order valence-electron chi connectivity index (χ3n) is 5.75. The van der Waals surface area contributed by atoms with Crippen LogP contribution in [0.15, 0.2) is 35.5 Å². The summed E-state index contributed by atoms with van der Waals surface area (Å²) in [5.74, 6) is 0.399. The van der Waals surface area contributed by atoms with Gasteiger partial charge in [-0.15, -0.1) is 0 Å². The smallest absolute Gasteiger partial charge is 0.353 e. The van der Waals surface area contributed by atoms with Gasteiger partial charge in [-0.2, -0.15) is 13.2 Å². The molecule has 1 aliphatic heterocycles. The van der Waals surface area contributed by atoms with E-state index in [1.165, 1.54) is 12.1 Å². The van der Waals surface area contributed by atoms with Crippen molar-refractivity contribution >= 4 is 41.0 Å². The van der Waals surface area contributed by atoms with Crippen molar-refractivity contribution in [1.29, 1.82) is 0 Å². The number of rotatable bonds is 9. The molecule has 1 aromatic heterocycles. The first-order chi connectivity index (χ1) is 17.1. The van der Waals surface area contributed by atoms with E-state index in [1.807, 2.05) is 16.7 Å². The van der Waals surface area contributed by atoms with Gasteiger partial charge in [-0.25, -0.2) is 9.97 Å². The first kappa shape index (κ1) is 28.0. The maximum Gasteiger partial charge on any atom is 0.416 e. The Labute approximate surface area is 217 Å². The predicted octanol–water partition coefficient (Wildman–Crippen LogP) is 4.78. The normalized spacial score (nSPS) is 16.2. The second-order valence-electron chi connectivity index (χ2n) is 8.58. The van der Waals surface area contributed by atoms with Crippen molar-refractivity contribution in [3.05, 3.63) is 46.6 Å². The highest BCUT2D eigenvalue weighted by Gasteiger charge is 2.30. The van der Waals surface area contributed by atoms with Crippen molar-refractivity contribution < 1.29 is 22.8 Å². The molecule has 0 spiro atoms. The second kappa shape index (κ2) is 12.6. The lowest BCUT2D eigenvalue weighted by Gasteiger charge is -2.40. The van der Waals surface area contributed by atoms with Gasteiger partial charge in [-0.1, -0.05) is 48.8 Å². The van der Waals surface area contributed by atoms with Gasteiger partial charge in [0, 0.05) is 44.7 Å². The van der Waals surface area contributed by atoms with E-state index in [2.05, 4.69) is 22.2 Å². The van der Waals surface area contributed by atoms with E-state index in [9.17, 15) is 22.8 Å². The molecule has 2 aromatic rings. The molecule has 1 atom stereocenters. The van der Waals surface area contributed by atoms with Crippen LogP contribution in [0.3, 0.4) is 0 Å². The third kappa shape index (κ3) is 7.99. The van der Waals surface area contributed by atoms with Crippen LogP contribution in [0.1, 0.15) is 44.2 Å². The molecule has 2 amide bonds. The standard InChI is InChI=1S/C24H29ClF3N5O2S/c1-3-4-8-22(35)33-10-9-32(14-16(33)2)20-12-19(25)30-23(31-20)36-15-21(34)29-13-17-6-5-7-18(11-17)24(26,27)28/h5-7,11-12,16H,3-4,8-10,13-15H2,1-2H3,(H,29,34). The number of carbonyl (C=O) groups is 2. The van der Waals surface area contributed by atoms with E-state index in [1.54, 1.807) is 6.07 Å². The number of hydrogen-bond donors (Lipinski definition) is 1. The zero-order chi connectivity index (χ0) is 26.3. The summed E-state index contributed by atoms with van der Waals surface area (Å²) in [6, 6.07) is 6.50. The first-order valence-corrected chi connectivity index (χ1v) is 13.1. The molecular weight excluding hydrogens is 515 g/mol. The number of hydrogen-bond acceptors (Lipinski definition) is 6. The molecule has 2 heterocycles. The molecule has 0 aliphatic carbocycles. The van der Waals surface area contributed by atoms with Crippen LogP contribution in [0.5, 0.6) is 0 Å². The number of halogens is 4. The van der Waals surface area contributed by atoms with Gasteiger partial charge < -0.3 is 15.1 Å². The van der Waals surface area contributed by atoms with Gasteiger partial charge in [0.25, 0.3) is 0 Å². The molecule has 7 nitrogen and oxygen atoms in total. The van der Waals surface area contributed by atoms with Gasteiger partial charge in [0.05, 0.1) is 11.3 Å². The monoisotopic (exact) mass is 543 g/mol. The van der Waals surface area contributed by atoms with E-state index in [4.69, 9.17) is 11.6 Å². The van der Waals surface area contributed by atoms with Crippen LogP contribution in [-0.4, -0.2) is 58.1 Å². The van der Waals surface area contributed by atoms with Crippen LogP contribution < -0.4 is 10.2 Å². The maximum absolute atomic E-state index is 12.9. The summed E-state index contributed by atoms with van der Waals surface area (Å²) in [6.45, 7) is 5.84. The van der Waals surface area contributed by atoms with Crippen molar-refractivity contribution in [2.75, 3.05) is 30.3 Å². The van der Waals surface area contributed by atoms with E-state index in [0.29, 0.717) is 42.6 Å². The largest absolute Gasteiger partial charge is 0.416 e. The predicted molar refractivity (Wildman–Crippen MR) is 134 cm³/mol. The first-order valence-electron chi connectivity index (χ1n) is 11.7. The molecular formula is C24H29ClF3N5O2S. The molecule has 196 valence electrons. The minimum absolute atomic E-state index is 0.0190. The molecule has 12 heteroatoms. The van der Waals surface area contributed by atoms with Crippen molar-refractivity contribution in [2.45, 2.75) is 57.0 Å². The Morgan fingerprint density at radius 2 is 2.00 bits per heavy atom. The number of benzene rings is 1. The number of nitrogens with zero attached hydrogens (tertiary/aromatic N) is 4. The molecule has 1 N–H and O–H groups in total. The molecule has 1 fully saturated rings. The average Bonchev–Trinajstić information content (AvgIpc) is 2.84. The Morgan fingerprint density at radius 3 is 2.69 bits per heavy atom. The summed E-state index contributed by atoms with van der Waals surface area (Å²) in [6.07, 6.45) is -2.03. The lowest BCUT2D eigenvalue weighted by atomic mass is 10.1. The molecule has 1 unspecified atom stereocenters. The Hall–Kier alpha value is -2.53. The molecule has 1 saturated heterocycles. The highest BCUT2D eigenvalue weighted by Crippen LogP contribution is 2.29. The molecule has 1 aromatic carbocycles. The molecule has 0 bridgehead atoms. The third-order valence-corrected chi connectivity index (χ3v) is 6.79. The highest BCUT2D eigenvalue weighted by molar-refractivity contribution is 7.99. The second-order valence-corrected chi connectivity index (χ2v) is 9.91. The fraction of sp³-hybridized carbons (Fsp3) is 0.500. The number of thioether (sulfide) groups is 1. The highest BCUT2D eigenvalue weighted by atomic mass is 35.5. The van der Waals surface area contributed by atoms with E-state index in [-0.39, 0.29) is 35.3 Å². The van der Waals surface area contributed by atoms with Crippen LogP contribution in [0.4, 0.5) is 19.0 Å². The molecule has 36 heavy (non-hydrogen) atoms. The van der Waals surface area contributed by atoms with Crippen LogP contribution in [0.2, 0.25) is 5.15 Å². The van der Waals surface area contributed by atoms with Gasteiger partial charge in [0.15, 0.2) is 5.16 Å². The maximum atomic E-state index is 12.9. The molecule has 0 radical (unpaired) electrons. The summed E-state index contributed by atoms with van der Waals surface area (Å²) < 4.78 is 38.6.